The lowest BCUT2D eigenvalue weighted by Gasteiger charge is -2.24. The summed E-state index contributed by atoms with van der Waals surface area (Å²) < 4.78 is 9.22. The Hall–Kier alpha value is -7.50. The van der Waals surface area contributed by atoms with Crippen LogP contribution in [0, 0.1) is 0 Å². The summed E-state index contributed by atoms with van der Waals surface area (Å²) in [6.45, 7) is 0. The van der Waals surface area contributed by atoms with Crippen LogP contribution in [0.4, 0.5) is 0 Å². The van der Waals surface area contributed by atoms with Crippen LogP contribution in [0.3, 0.4) is 0 Å². The smallest absolute Gasteiger partial charge is 0.159 e. The fourth-order valence-corrected chi connectivity index (χ4v) is 8.21. The normalized spacial score (nSPS) is 14.2. The minimum absolute atomic E-state index is 0.343. The third-order valence-electron chi connectivity index (χ3n) is 10.9. The number of aliphatic imine (C=N–C) groups is 2. The molecule has 1 atom stereocenters. The number of rotatable bonds is 6. The summed E-state index contributed by atoms with van der Waals surface area (Å²) in [4.78, 5) is 10.3. The highest BCUT2D eigenvalue weighted by Crippen LogP contribution is 2.40. The Morgan fingerprint density at radius 2 is 1.09 bits per heavy atom. The van der Waals surface area contributed by atoms with E-state index in [1.807, 2.05) is 30.3 Å². The summed E-state index contributed by atoms with van der Waals surface area (Å²) in [7, 11) is 0. The number of fused-ring (bicyclic) bond motifs is 6. The Morgan fingerprint density at radius 3 is 1.86 bits per heavy atom. The molecule has 5 nitrogen and oxygen atoms in total. The summed E-state index contributed by atoms with van der Waals surface area (Å²) in [6.07, 6.45) is -0.343. The molecule has 10 aromatic rings. The molecule has 0 saturated heterocycles. The number of hydrogen-bond acceptors (Lipinski definition) is 4. The van der Waals surface area contributed by atoms with Crippen molar-refractivity contribution in [3.63, 3.8) is 0 Å². The van der Waals surface area contributed by atoms with Gasteiger partial charge in [0, 0.05) is 32.7 Å². The van der Waals surface area contributed by atoms with Gasteiger partial charge in [-0.2, -0.15) is 0 Å². The number of nitrogens with zero attached hydrogens (tertiary/aromatic N) is 3. The maximum atomic E-state index is 6.87. The Kier molecular flexibility index (Phi) is 7.49. The van der Waals surface area contributed by atoms with Crippen LogP contribution in [0.1, 0.15) is 22.9 Å². The van der Waals surface area contributed by atoms with Crippen LogP contribution in [0.15, 0.2) is 209 Å². The Balaban J connectivity index is 1.06. The van der Waals surface area contributed by atoms with E-state index in [0.717, 1.165) is 66.7 Å². The highest BCUT2D eigenvalue weighted by atomic mass is 16.3. The lowest BCUT2D eigenvalue weighted by molar-refractivity contribution is 0.665. The average molecular weight is 719 g/mol. The van der Waals surface area contributed by atoms with Gasteiger partial charge in [-0.25, -0.2) is 9.98 Å². The molecular formula is C51H34N4O. The topological polar surface area (TPSA) is 54.8 Å². The van der Waals surface area contributed by atoms with E-state index in [0.29, 0.717) is 5.84 Å². The molecule has 1 aliphatic heterocycles. The van der Waals surface area contributed by atoms with Gasteiger partial charge in [-0.3, -0.25) is 0 Å². The molecule has 5 heteroatoms. The fourth-order valence-electron chi connectivity index (χ4n) is 8.21. The van der Waals surface area contributed by atoms with Crippen molar-refractivity contribution in [3.8, 4) is 27.9 Å². The van der Waals surface area contributed by atoms with E-state index in [9.17, 15) is 0 Å². The minimum atomic E-state index is -0.343. The molecule has 0 saturated carbocycles. The van der Waals surface area contributed by atoms with E-state index in [1.165, 1.54) is 27.5 Å². The standard InChI is InChI=1S/C51H34N4O/c1-4-14-33(15-5-1)35-26-28-37(29-27-35)50-52-49(36-18-8-3-9-19-36)53-51(54-50)41-22-13-25-46-47(41)40-21-12-24-45(48(40)56-46)55-43-23-11-10-20-39(43)42-32-38(30-31-44(42)55)34-16-6-2-7-17-34/h1-32,50H,(H,52,53,54). The molecule has 1 unspecified atom stereocenters. The van der Waals surface area contributed by atoms with Gasteiger partial charge in [0.15, 0.2) is 11.4 Å². The second-order valence-corrected chi connectivity index (χ2v) is 14.2. The highest BCUT2D eigenvalue weighted by Gasteiger charge is 2.25. The average Bonchev–Trinajstić information content (AvgIpc) is 3.83. The first-order valence-corrected chi connectivity index (χ1v) is 18.9. The van der Waals surface area contributed by atoms with Crippen molar-refractivity contribution < 1.29 is 4.42 Å². The van der Waals surface area contributed by atoms with Gasteiger partial charge in [-0.05, 0) is 58.1 Å². The van der Waals surface area contributed by atoms with Crippen molar-refractivity contribution in [2.45, 2.75) is 6.17 Å². The number of benzene rings is 8. The molecule has 1 N–H and O–H groups in total. The van der Waals surface area contributed by atoms with Gasteiger partial charge in [0.2, 0.25) is 0 Å². The molecule has 1 aliphatic rings. The van der Waals surface area contributed by atoms with Gasteiger partial charge in [0.1, 0.15) is 17.6 Å². The van der Waals surface area contributed by atoms with Crippen molar-refractivity contribution in [3.05, 3.63) is 211 Å². The van der Waals surface area contributed by atoms with Crippen LogP contribution in [0.2, 0.25) is 0 Å². The molecular weight excluding hydrogens is 685 g/mol. The summed E-state index contributed by atoms with van der Waals surface area (Å²) in [5.74, 6) is 1.43. The van der Waals surface area contributed by atoms with Crippen LogP contribution in [0.25, 0.3) is 71.7 Å². The molecule has 0 amide bonds. The van der Waals surface area contributed by atoms with Crippen molar-refractivity contribution >= 4 is 55.4 Å². The number of hydrogen-bond donors (Lipinski definition) is 1. The molecule has 0 spiro atoms. The van der Waals surface area contributed by atoms with Gasteiger partial charge in [-0.1, -0.05) is 164 Å². The van der Waals surface area contributed by atoms with Gasteiger partial charge in [0.25, 0.3) is 0 Å². The maximum Gasteiger partial charge on any atom is 0.159 e. The van der Waals surface area contributed by atoms with Crippen LogP contribution < -0.4 is 5.32 Å². The van der Waals surface area contributed by atoms with Crippen molar-refractivity contribution in [1.29, 1.82) is 0 Å². The Morgan fingerprint density at radius 1 is 0.482 bits per heavy atom. The third-order valence-corrected chi connectivity index (χ3v) is 10.9. The first-order chi connectivity index (χ1) is 27.8. The zero-order valence-electron chi connectivity index (χ0n) is 30.3. The molecule has 3 heterocycles. The number of aromatic nitrogens is 1. The lowest BCUT2D eigenvalue weighted by atomic mass is 10.0. The van der Waals surface area contributed by atoms with E-state index in [-0.39, 0.29) is 6.17 Å². The fraction of sp³-hybridized carbons (Fsp3) is 0.0196. The maximum absolute atomic E-state index is 6.87. The van der Waals surface area contributed by atoms with Crippen LogP contribution >= 0.6 is 0 Å². The molecule has 0 aliphatic carbocycles. The zero-order valence-corrected chi connectivity index (χ0v) is 30.3. The SMILES string of the molecule is c1ccc(C2=NC(c3ccc(-c4ccccc4)cc3)NC(c3cccc4oc5c(-n6c7ccccc7c7cc(-c8ccccc8)ccc76)cccc5c34)=N2)cc1. The number of para-hydroxylation sites is 2. The summed E-state index contributed by atoms with van der Waals surface area (Å²) in [5.41, 5.74) is 12.6. The number of furan rings is 1. The first kappa shape index (κ1) is 32.0. The van der Waals surface area contributed by atoms with Gasteiger partial charge in [-0.15, -0.1) is 0 Å². The predicted molar refractivity (Wildman–Crippen MR) is 231 cm³/mol. The molecule has 0 radical (unpaired) electrons. The van der Waals surface area contributed by atoms with Crippen molar-refractivity contribution in [1.82, 2.24) is 9.88 Å². The van der Waals surface area contributed by atoms with Gasteiger partial charge >= 0.3 is 0 Å². The van der Waals surface area contributed by atoms with E-state index in [4.69, 9.17) is 14.4 Å². The summed E-state index contributed by atoms with van der Waals surface area (Å²) >= 11 is 0. The van der Waals surface area contributed by atoms with Crippen molar-refractivity contribution in [2.24, 2.45) is 9.98 Å². The third kappa shape index (κ3) is 5.32. The minimum Gasteiger partial charge on any atom is -0.454 e. The molecule has 0 fully saturated rings. The first-order valence-electron chi connectivity index (χ1n) is 18.9. The second-order valence-electron chi connectivity index (χ2n) is 14.2. The predicted octanol–water partition coefficient (Wildman–Crippen LogP) is 12.5. The van der Waals surface area contributed by atoms with E-state index < -0.39 is 0 Å². The molecule has 0 bridgehead atoms. The Labute approximate surface area is 323 Å². The second kappa shape index (κ2) is 13.1. The summed E-state index contributed by atoms with van der Waals surface area (Å²) in [6, 6.07) is 67.9. The molecule has 264 valence electrons. The van der Waals surface area contributed by atoms with E-state index in [2.05, 4.69) is 174 Å². The van der Waals surface area contributed by atoms with Crippen molar-refractivity contribution in [2.75, 3.05) is 0 Å². The Bertz CT molecular complexity index is 3140. The van der Waals surface area contributed by atoms with Gasteiger partial charge in [0.05, 0.1) is 16.7 Å². The van der Waals surface area contributed by atoms with E-state index >= 15 is 0 Å². The molecule has 56 heavy (non-hydrogen) atoms. The monoisotopic (exact) mass is 718 g/mol. The van der Waals surface area contributed by atoms with Crippen LogP contribution in [0.5, 0.6) is 0 Å². The number of amidine groups is 2. The van der Waals surface area contributed by atoms with Gasteiger partial charge < -0.3 is 14.3 Å². The van der Waals surface area contributed by atoms with E-state index in [1.54, 1.807) is 0 Å². The largest absolute Gasteiger partial charge is 0.454 e. The zero-order chi connectivity index (χ0) is 37.0. The number of nitrogens with one attached hydrogen (secondary N) is 1. The molecule has 11 rings (SSSR count). The highest BCUT2D eigenvalue weighted by molar-refractivity contribution is 6.23. The lowest BCUT2D eigenvalue weighted by Crippen LogP contribution is -2.33. The molecule has 8 aromatic carbocycles. The summed E-state index contributed by atoms with van der Waals surface area (Å²) in [5, 5.41) is 8.15. The molecule has 2 aromatic heterocycles. The van der Waals surface area contributed by atoms with Crippen LogP contribution in [-0.4, -0.2) is 16.2 Å². The van der Waals surface area contributed by atoms with Crippen LogP contribution in [-0.2, 0) is 0 Å². The quantitative estimate of drug-likeness (QED) is 0.186.